The zero-order chi connectivity index (χ0) is 14.5. The van der Waals surface area contributed by atoms with Gasteiger partial charge in [-0.05, 0) is 17.7 Å². The molecule has 0 unspecified atom stereocenters. The van der Waals surface area contributed by atoms with Crippen molar-refractivity contribution in [2.75, 3.05) is 21.3 Å². The topological polar surface area (TPSA) is 53.5 Å². The number of hydrogen-bond donors (Lipinski definition) is 0. The second-order valence-electron chi connectivity index (χ2n) is 4.02. The van der Waals surface area contributed by atoms with Gasteiger partial charge in [-0.15, -0.1) is 0 Å². The van der Waals surface area contributed by atoms with Crippen LogP contribution in [0.4, 0.5) is 0 Å². The van der Waals surface area contributed by atoms with Gasteiger partial charge in [0.1, 0.15) is 11.0 Å². The SMILES string of the molecule is COc1cc(Cl)nc(Cc2ccc(OC)c(OC)c2)n1. The highest BCUT2D eigenvalue weighted by molar-refractivity contribution is 6.29. The van der Waals surface area contributed by atoms with E-state index in [0.29, 0.717) is 34.8 Å². The Morgan fingerprint density at radius 3 is 2.35 bits per heavy atom. The van der Waals surface area contributed by atoms with Crippen molar-refractivity contribution in [1.82, 2.24) is 9.97 Å². The zero-order valence-corrected chi connectivity index (χ0v) is 12.3. The molecule has 0 amide bonds. The maximum absolute atomic E-state index is 5.93. The van der Waals surface area contributed by atoms with Gasteiger partial charge in [-0.2, -0.15) is 4.98 Å². The average Bonchev–Trinajstić information content (AvgIpc) is 2.46. The molecule has 0 bridgehead atoms. The van der Waals surface area contributed by atoms with E-state index >= 15 is 0 Å². The highest BCUT2D eigenvalue weighted by atomic mass is 35.5. The number of aromatic nitrogens is 2. The molecule has 1 aromatic carbocycles. The van der Waals surface area contributed by atoms with E-state index in [1.807, 2.05) is 18.2 Å². The first-order valence-corrected chi connectivity index (χ1v) is 6.32. The molecule has 0 spiro atoms. The van der Waals surface area contributed by atoms with Gasteiger partial charge in [0.15, 0.2) is 11.5 Å². The molecule has 106 valence electrons. The minimum absolute atomic E-state index is 0.354. The van der Waals surface area contributed by atoms with Gasteiger partial charge < -0.3 is 14.2 Å². The first-order chi connectivity index (χ1) is 9.66. The Morgan fingerprint density at radius 2 is 1.70 bits per heavy atom. The van der Waals surface area contributed by atoms with Crippen LogP contribution in [0.15, 0.2) is 24.3 Å². The van der Waals surface area contributed by atoms with Crippen LogP contribution in [-0.4, -0.2) is 31.3 Å². The summed E-state index contributed by atoms with van der Waals surface area (Å²) in [7, 11) is 4.74. The van der Waals surface area contributed by atoms with Crippen LogP contribution in [0.1, 0.15) is 11.4 Å². The average molecular weight is 295 g/mol. The third-order valence-corrected chi connectivity index (χ3v) is 2.93. The van der Waals surface area contributed by atoms with E-state index < -0.39 is 0 Å². The second-order valence-corrected chi connectivity index (χ2v) is 4.40. The Bertz CT molecular complexity index is 605. The molecule has 0 aliphatic heterocycles. The van der Waals surface area contributed by atoms with Gasteiger partial charge in [0.25, 0.3) is 0 Å². The third-order valence-electron chi connectivity index (χ3n) is 2.74. The van der Waals surface area contributed by atoms with Crippen molar-refractivity contribution < 1.29 is 14.2 Å². The van der Waals surface area contributed by atoms with Crippen molar-refractivity contribution in [3.05, 3.63) is 40.8 Å². The Labute approximate surface area is 122 Å². The summed E-state index contributed by atoms with van der Waals surface area (Å²) in [6.45, 7) is 0. The van der Waals surface area contributed by atoms with Crippen molar-refractivity contribution in [3.8, 4) is 17.4 Å². The van der Waals surface area contributed by atoms with Gasteiger partial charge >= 0.3 is 0 Å². The molecule has 0 radical (unpaired) electrons. The fourth-order valence-corrected chi connectivity index (χ4v) is 1.99. The summed E-state index contributed by atoms with van der Waals surface area (Å²) in [6, 6.07) is 7.23. The lowest BCUT2D eigenvalue weighted by molar-refractivity contribution is 0.354. The van der Waals surface area contributed by atoms with E-state index in [0.717, 1.165) is 5.56 Å². The van der Waals surface area contributed by atoms with Gasteiger partial charge in [-0.3, -0.25) is 0 Å². The summed E-state index contributed by atoms with van der Waals surface area (Å²) in [4.78, 5) is 8.43. The fourth-order valence-electron chi connectivity index (χ4n) is 1.80. The minimum atomic E-state index is 0.354. The zero-order valence-electron chi connectivity index (χ0n) is 11.5. The monoisotopic (exact) mass is 294 g/mol. The molecule has 20 heavy (non-hydrogen) atoms. The summed E-state index contributed by atoms with van der Waals surface area (Å²) in [5, 5.41) is 0.354. The number of benzene rings is 1. The number of nitrogens with zero attached hydrogens (tertiary/aromatic N) is 2. The highest BCUT2D eigenvalue weighted by Gasteiger charge is 2.08. The van der Waals surface area contributed by atoms with Crippen LogP contribution < -0.4 is 14.2 Å². The van der Waals surface area contributed by atoms with Crippen LogP contribution in [0.3, 0.4) is 0 Å². The standard InChI is InChI=1S/C14H15ClN2O3/c1-18-10-5-4-9(6-11(10)19-2)7-13-16-12(15)8-14(17-13)20-3/h4-6,8H,7H2,1-3H3. The first-order valence-electron chi connectivity index (χ1n) is 5.94. The molecule has 5 nitrogen and oxygen atoms in total. The molecule has 0 atom stereocenters. The molecule has 2 rings (SSSR count). The quantitative estimate of drug-likeness (QED) is 0.794. The molecular weight excluding hydrogens is 280 g/mol. The predicted molar refractivity (Wildman–Crippen MR) is 75.9 cm³/mol. The van der Waals surface area contributed by atoms with Crippen LogP contribution in [0.25, 0.3) is 0 Å². The molecule has 6 heteroatoms. The first kappa shape index (κ1) is 14.4. The van der Waals surface area contributed by atoms with E-state index in [1.54, 1.807) is 27.4 Å². The van der Waals surface area contributed by atoms with Gasteiger partial charge in [0.05, 0.1) is 21.3 Å². The Hall–Kier alpha value is -2.01. The molecule has 0 N–H and O–H groups in total. The van der Waals surface area contributed by atoms with E-state index in [2.05, 4.69) is 9.97 Å². The molecule has 0 saturated carbocycles. The van der Waals surface area contributed by atoms with E-state index in [1.165, 1.54) is 0 Å². The van der Waals surface area contributed by atoms with Crippen molar-refractivity contribution in [3.63, 3.8) is 0 Å². The maximum Gasteiger partial charge on any atom is 0.217 e. The molecule has 0 fully saturated rings. The molecule has 0 aliphatic rings. The Morgan fingerprint density at radius 1 is 0.950 bits per heavy atom. The molecule has 0 aliphatic carbocycles. The molecular formula is C14H15ClN2O3. The smallest absolute Gasteiger partial charge is 0.217 e. The fraction of sp³-hybridized carbons (Fsp3) is 0.286. The molecule has 1 aromatic heterocycles. The van der Waals surface area contributed by atoms with Crippen LogP contribution in [0.2, 0.25) is 5.15 Å². The number of hydrogen-bond acceptors (Lipinski definition) is 5. The van der Waals surface area contributed by atoms with Gasteiger partial charge in [0.2, 0.25) is 5.88 Å². The largest absolute Gasteiger partial charge is 0.493 e. The summed E-state index contributed by atoms with van der Waals surface area (Å²) < 4.78 is 15.5. The van der Waals surface area contributed by atoms with Gasteiger partial charge in [-0.1, -0.05) is 17.7 Å². The summed E-state index contributed by atoms with van der Waals surface area (Å²) in [6.07, 6.45) is 0.525. The van der Waals surface area contributed by atoms with E-state index in [4.69, 9.17) is 25.8 Å². The van der Waals surface area contributed by atoms with Crippen molar-refractivity contribution in [1.29, 1.82) is 0 Å². The molecule has 2 aromatic rings. The lowest BCUT2D eigenvalue weighted by Gasteiger charge is -2.09. The number of methoxy groups -OCH3 is 3. The maximum atomic E-state index is 5.93. The van der Waals surface area contributed by atoms with E-state index in [-0.39, 0.29) is 0 Å². The van der Waals surface area contributed by atoms with Crippen molar-refractivity contribution in [2.45, 2.75) is 6.42 Å². The highest BCUT2D eigenvalue weighted by Crippen LogP contribution is 2.28. The number of rotatable bonds is 5. The van der Waals surface area contributed by atoms with Crippen LogP contribution in [-0.2, 0) is 6.42 Å². The van der Waals surface area contributed by atoms with Crippen molar-refractivity contribution >= 4 is 11.6 Å². The van der Waals surface area contributed by atoms with Gasteiger partial charge in [0, 0.05) is 12.5 Å². The Balaban J connectivity index is 2.27. The van der Waals surface area contributed by atoms with Gasteiger partial charge in [-0.25, -0.2) is 4.98 Å². The normalized spacial score (nSPS) is 10.2. The van der Waals surface area contributed by atoms with Crippen LogP contribution >= 0.6 is 11.6 Å². The summed E-state index contributed by atoms with van der Waals surface area (Å²) in [5.74, 6) is 2.38. The van der Waals surface area contributed by atoms with Crippen LogP contribution in [0, 0.1) is 0 Å². The van der Waals surface area contributed by atoms with Crippen molar-refractivity contribution in [2.24, 2.45) is 0 Å². The number of halogens is 1. The Kier molecular flexibility index (Phi) is 4.63. The third kappa shape index (κ3) is 3.30. The summed E-state index contributed by atoms with van der Waals surface area (Å²) >= 11 is 5.93. The number of ether oxygens (including phenoxy) is 3. The summed E-state index contributed by atoms with van der Waals surface area (Å²) in [5.41, 5.74) is 0.993. The molecule has 0 saturated heterocycles. The van der Waals surface area contributed by atoms with Crippen LogP contribution in [0.5, 0.6) is 17.4 Å². The van der Waals surface area contributed by atoms with E-state index in [9.17, 15) is 0 Å². The minimum Gasteiger partial charge on any atom is -0.493 e. The lowest BCUT2D eigenvalue weighted by Crippen LogP contribution is -2.00. The second kappa shape index (κ2) is 6.43. The predicted octanol–water partition coefficient (Wildman–Crippen LogP) is 2.75. The lowest BCUT2D eigenvalue weighted by atomic mass is 10.1. The molecule has 1 heterocycles.